The molecule has 0 aromatic heterocycles. The lowest BCUT2D eigenvalue weighted by Crippen LogP contribution is -2.23. The van der Waals surface area contributed by atoms with Gasteiger partial charge in [-0.25, -0.2) is 0 Å². The van der Waals surface area contributed by atoms with Crippen LogP contribution in [0.15, 0.2) is 64.4 Å². The van der Waals surface area contributed by atoms with E-state index in [1.165, 1.54) is 23.9 Å². The van der Waals surface area contributed by atoms with E-state index in [-0.39, 0.29) is 34.1 Å². The molecule has 0 saturated carbocycles. The third kappa shape index (κ3) is 2.48. The molecule has 3 aromatic carbocycles. The number of nitrogen functional groups attached to an aromatic ring is 1. The van der Waals surface area contributed by atoms with Gasteiger partial charge in [-0.3, -0.25) is 9.59 Å². The minimum absolute atomic E-state index is 0.0144. The molecule has 4 rings (SSSR count). The molecule has 5 heteroatoms. The third-order valence-electron chi connectivity index (χ3n) is 4.42. The van der Waals surface area contributed by atoms with Crippen molar-refractivity contribution < 1.29 is 14.7 Å². The number of hydrogen-bond donors (Lipinski definition) is 2. The van der Waals surface area contributed by atoms with E-state index in [4.69, 9.17) is 5.73 Å². The summed E-state index contributed by atoms with van der Waals surface area (Å²) in [5, 5.41) is 10.2. The van der Waals surface area contributed by atoms with E-state index in [1.54, 1.807) is 12.1 Å². The number of nitrogens with two attached hydrogens (primary N) is 1. The molecule has 0 saturated heterocycles. The van der Waals surface area contributed by atoms with Gasteiger partial charge in [0.15, 0.2) is 11.6 Å². The molecule has 0 spiro atoms. The van der Waals surface area contributed by atoms with Gasteiger partial charge in [0.2, 0.25) is 0 Å². The van der Waals surface area contributed by atoms with Crippen molar-refractivity contribution in [3.8, 4) is 5.75 Å². The summed E-state index contributed by atoms with van der Waals surface area (Å²) in [6, 6.07) is 15.9. The predicted molar refractivity (Wildman–Crippen MR) is 101 cm³/mol. The molecule has 0 heterocycles. The fourth-order valence-electron chi connectivity index (χ4n) is 3.11. The summed E-state index contributed by atoms with van der Waals surface area (Å²) in [6.45, 7) is 2.01. The molecule has 0 radical (unpaired) electrons. The maximum Gasteiger partial charge on any atom is 0.199 e. The number of phenolic OH excluding ortho intramolecular Hbond substituents is 1. The standard InChI is InChI=1S/C21H15NO3S/c1-11-5-7-12(8-6-11)26-16-4-2-3-13-17(16)21(25)19-15(23)10-9-14(22)18(19)20(13)24/h2-10,23H,22H2,1H3. The van der Waals surface area contributed by atoms with Gasteiger partial charge in [0.25, 0.3) is 0 Å². The van der Waals surface area contributed by atoms with Crippen LogP contribution in [0.3, 0.4) is 0 Å². The van der Waals surface area contributed by atoms with Gasteiger partial charge in [0.1, 0.15) is 5.75 Å². The van der Waals surface area contributed by atoms with Gasteiger partial charge in [-0.05, 0) is 37.3 Å². The van der Waals surface area contributed by atoms with Crippen molar-refractivity contribution in [2.75, 3.05) is 5.73 Å². The van der Waals surface area contributed by atoms with Crippen LogP contribution in [-0.2, 0) is 0 Å². The molecule has 1 aliphatic carbocycles. The number of carbonyl (C=O) groups excluding carboxylic acids is 2. The van der Waals surface area contributed by atoms with Crippen LogP contribution in [0.2, 0.25) is 0 Å². The second-order valence-electron chi connectivity index (χ2n) is 6.18. The Morgan fingerprint density at radius 2 is 1.58 bits per heavy atom. The fourth-order valence-corrected chi connectivity index (χ4v) is 4.09. The largest absolute Gasteiger partial charge is 0.507 e. The zero-order chi connectivity index (χ0) is 18.4. The second-order valence-corrected chi connectivity index (χ2v) is 7.29. The van der Waals surface area contributed by atoms with Crippen LogP contribution in [0.5, 0.6) is 5.75 Å². The topological polar surface area (TPSA) is 80.4 Å². The van der Waals surface area contributed by atoms with E-state index in [1.807, 2.05) is 37.3 Å². The van der Waals surface area contributed by atoms with Crippen molar-refractivity contribution >= 4 is 29.0 Å². The summed E-state index contributed by atoms with van der Waals surface area (Å²) in [5.41, 5.74) is 7.94. The number of ketones is 2. The summed E-state index contributed by atoms with van der Waals surface area (Å²) in [6.07, 6.45) is 0. The van der Waals surface area contributed by atoms with Crippen LogP contribution >= 0.6 is 11.8 Å². The fraction of sp³-hybridized carbons (Fsp3) is 0.0476. The van der Waals surface area contributed by atoms with Gasteiger partial charge in [-0.15, -0.1) is 0 Å². The minimum atomic E-state index is -0.380. The Morgan fingerprint density at radius 3 is 2.31 bits per heavy atom. The quantitative estimate of drug-likeness (QED) is 0.413. The first-order chi connectivity index (χ1) is 12.5. The molecular formula is C21H15NO3S. The van der Waals surface area contributed by atoms with Gasteiger partial charge in [0.05, 0.1) is 11.1 Å². The lowest BCUT2D eigenvalue weighted by Gasteiger charge is -2.21. The van der Waals surface area contributed by atoms with Gasteiger partial charge < -0.3 is 10.8 Å². The zero-order valence-corrected chi connectivity index (χ0v) is 14.8. The third-order valence-corrected chi connectivity index (χ3v) is 5.48. The van der Waals surface area contributed by atoms with Crippen molar-refractivity contribution in [1.82, 2.24) is 0 Å². The monoisotopic (exact) mass is 361 g/mol. The summed E-state index contributed by atoms with van der Waals surface area (Å²) in [4.78, 5) is 27.7. The summed E-state index contributed by atoms with van der Waals surface area (Å²) >= 11 is 1.42. The molecule has 1 aliphatic rings. The highest BCUT2D eigenvalue weighted by atomic mass is 32.2. The predicted octanol–water partition coefficient (Wildman–Crippen LogP) is 4.21. The summed E-state index contributed by atoms with van der Waals surface area (Å²) in [7, 11) is 0. The molecular weight excluding hydrogens is 346 g/mol. The zero-order valence-electron chi connectivity index (χ0n) is 13.9. The number of anilines is 1. The second kappa shape index (κ2) is 6.04. The van der Waals surface area contributed by atoms with E-state index in [0.29, 0.717) is 16.0 Å². The van der Waals surface area contributed by atoms with E-state index in [0.717, 1.165) is 10.5 Å². The molecule has 128 valence electrons. The Labute approximate surface area is 154 Å². The number of benzene rings is 3. The van der Waals surface area contributed by atoms with Crippen LogP contribution < -0.4 is 5.73 Å². The summed E-state index contributed by atoms with van der Waals surface area (Å²) < 4.78 is 0. The maximum absolute atomic E-state index is 13.1. The lowest BCUT2D eigenvalue weighted by atomic mass is 9.83. The average Bonchev–Trinajstić information content (AvgIpc) is 2.63. The molecule has 0 atom stereocenters. The maximum atomic E-state index is 13.1. The van der Waals surface area contributed by atoms with Gasteiger partial charge in [-0.1, -0.05) is 41.6 Å². The van der Waals surface area contributed by atoms with Crippen molar-refractivity contribution in [3.05, 3.63) is 82.4 Å². The van der Waals surface area contributed by atoms with E-state index in [9.17, 15) is 14.7 Å². The van der Waals surface area contributed by atoms with Crippen molar-refractivity contribution in [2.45, 2.75) is 16.7 Å². The Kier molecular flexibility index (Phi) is 3.81. The molecule has 0 aliphatic heterocycles. The number of fused-ring (bicyclic) bond motifs is 2. The van der Waals surface area contributed by atoms with Gasteiger partial charge in [0, 0.05) is 26.6 Å². The van der Waals surface area contributed by atoms with Gasteiger partial charge >= 0.3 is 0 Å². The van der Waals surface area contributed by atoms with Gasteiger partial charge in [-0.2, -0.15) is 0 Å². The first-order valence-corrected chi connectivity index (χ1v) is 8.87. The van der Waals surface area contributed by atoms with Crippen LogP contribution in [0.1, 0.15) is 37.4 Å². The molecule has 0 unspecified atom stereocenters. The molecule has 3 aromatic rings. The smallest absolute Gasteiger partial charge is 0.199 e. The van der Waals surface area contributed by atoms with Crippen molar-refractivity contribution in [2.24, 2.45) is 0 Å². The van der Waals surface area contributed by atoms with Crippen LogP contribution in [0.25, 0.3) is 0 Å². The van der Waals surface area contributed by atoms with E-state index >= 15 is 0 Å². The van der Waals surface area contributed by atoms with Crippen molar-refractivity contribution in [3.63, 3.8) is 0 Å². The highest BCUT2D eigenvalue weighted by molar-refractivity contribution is 7.99. The Morgan fingerprint density at radius 1 is 0.846 bits per heavy atom. The van der Waals surface area contributed by atoms with Crippen LogP contribution in [0.4, 0.5) is 5.69 Å². The number of carbonyl (C=O) groups is 2. The lowest BCUT2D eigenvalue weighted by molar-refractivity contribution is 0.0975. The number of phenols is 1. The minimum Gasteiger partial charge on any atom is -0.507 e. The first kappa shape index (κ1) is 16.4. The first-order valence-electron chi connectivity index (χ1n) is 8.05. The van der Waals surface area contributed by atoms with Crippen molar-refractivity contribution in [1.29, 1.82) is 0 Å². The molecule has 0 amide bonds. The highest BCUT2D eigenvalue weighted by Crippen LogP contribution is 2.41. The van der Waals surface area contributed by atoms with Crippen LogP contribution in [-0.4, -0.2) is 16.7 Å². The Hall–Kier alpha value is -3.05. The SMILES string of the molecule is Cc1ccc(Sc2cccc3c2C(=O)c2c(O)ccc(N)c2C3=O)cc1. The van der Waals surface area contributed by atoms with Crippen LogP contribution in [0, 0.1) is 6.92 Å². The van der Waals surface area contributed by atoms with E-state index in [2.05, 4.69) is 0 Å². The number of aromatic hydroxyl groups is 1. The average molecular weight is 361 g/mol. The number of aryl methyl sites for hydroxylation is 1. The molecule has 26 heavy (non-hydrogen) atoms. The molecule has 0 bridgehead atoms. The molecule has 3 N–H and O–H groups in total. The molecule has 4 nitrogen and oxygen atoms in total. The normalized spacial score (nSPS) is 12.7. The van der Waals surface area contributed by atoms with E-state index < -0.39 is 0 Å². The number of rotatable bonds is 2. The number of hydrogen-bond acceptors (Lipinski definition) is 5. The Bertz CT molecular complexity index is 1070. The summed E-state index contributed by atoms with van der Waals surface area (Å²) in [5.74, 6) is -0.947. The Balaban J connectivity index is 1.88. The molecule has 0 fully saturated rings. The highest BCUT2D eigenvalue weighted by Gasteiger charge is 2.35.